The van der Waals surface area contributed by atoms with Gasteiger partial charge in [-0.05, 0) is 50.6 Å². The predicted octanol–water partition coefficient (Wildman–Crippen LogP) is 4.14. The second-order valence-corrected chi connectivity index (χ2v) is 7.58. The maximum absolute atomic E-state index is 13.1. The molecule has 0 bridgehead atoms. The van der Waals surface area contributed by atoms with Gasteiger partial charge in [0.05, 0.1) is 18.5 Å². The third-order valence-electron chi connectivity index (χ3n) is 5.48. The SMILES string of the molecule is Cc1ccc(C2=NN(C(=O)CN3CCCCCC3)[C@@H](c3ccco3)C2)cc1. The summed E-state index contributed by atoms with van der Waals surface area (Å²) in [5.74, 6) is 0.852. The molecule has 1 fully saturated rings. The minimum Gasteiger partial charge on any atom is -0.467 e. The fourth-order valence-electron chi connectivity index (χ4n) is 3.92. The molecular weight excluding hydrogens is 338 g/mol. The molecule has 2 aliphatic rings. The number of furan rings is 1. The average molecular weight is 365 g/mol. The van der Waals surface area contributed by atoms with Gasteiger partial charge in [-0.3, -0.25) is 9.69 Å². The molecule has 2 aliphatic heterocycles. The van der Waals surface area contributed by atoms with Crippen molar-refractivity contribution in [3.05, 3.63) is 59.5 Å². The summed E-state index contributed by atoms with van der Waals surface area (Å²) in [4.78, 5) is 15.4. The van der Waals surface area contributed by atoms with Gasteiger partial charge in [-0.25, -0.2) is 5.01 Å². The number of amides is 1. The van der Waals surface area contributed by atoms with Crippen LogP contribution in [0.1, 0.15) is 55.0 Å². The van der Waals surface area contributed by atoms with Crippen molar-refractivity contribution in [2.45, 2.75) is 45.1 Å². The molecule has 2 aromatic rings. The Morgan fingerprint density at radius 3 is 2.52 bits per heavy atom. The van der Waals surface area contributed by atoms with Crippen LogP contribution in [-0.2, 0) is 4.79 Å². The van der Waals surface area contributed by atoms with Crippen LogP contribution in [0.15, 0.2) is 52.2 Å². The van der Waals surface area contributed by atoms with Gasteiger partial charge in [0.1, 0.15) is 11.8 Å². The Morgan fingerprint density at radius 1 is 1.11 bits per heavy atom. The van der Waals surface area contributed by atoms with Crippen LogP contribution in [-0.4, -0.2) is 41.2 Å². The first-order chi connectivity index (χ1) is 13.2. The summed E-state index contributed by atoms with van der Waals surface area (Å²) in [6.45, 7) is 4.50. The number of rotatable bonds is 4. The minimum atomic E-state index is -0.157. The van der Waals surface area contributed by atoms with Crippen molar-refractivity contribution in [3.8, 4) is 0 Å². The number of likely N-dealkylation sites (tertiary alicyclic amines) is 1. The van der Waals surface area contributed by atoms with Gasteiger partial charge in [-0.1, -0.05) is 42.7 Å². The fourth-order valence-corrected chi connectivity index (χ4v) is 3.92. The van der Waals surface area contributed by atoms with Gasteiger partial charge in [0.2, 0.25) is 0 Å². The van der Waals surface area contributed by atoms with Gasteiger partial charge >= 0.3 is 0 Å². The lowest BCUT2D eigenvalue weighted by molar-refractivity contribution is -0.134. The third-order valence-corrected chi connectivity index (χ3v) is 5.48. The van der Waals surface area contributed by atoms with E-state index in [1.807, 2.05) is 12.1 Å². The molecule has 1 aromatic heterocycles. The second kappa shape index (κ2) is 8.09. The van der Waals surface area contributed by atoms with E-state index in [2.05, 4.69) is 36.1 Å². The Hall–Kier alpha value is -2.40. The van der Waals surface area contributed by atoms with Gasteiger partial charge in [-0.2, -0.15) is 5.10 Å². The Bertz CT molecular complexity index is 787. The van der Waals surface area contributed by atoms with Gasteiger partial charge in [0.25, 0.3) is 5.91 Å². The zero-order valence-corrected chi connectivity index (χ0v) is 15.9. The van der Waals surface area contributed by atoms with E-state index in [-0.39, 0.29) is 11.9 Å². The summed E-state index contributed by atoms with van der Waals surface area (Å²) in [5.41, 5.74) is 3.23. The van der Waals surface area contributed by atoms with Crippen molar-refractivity contribution in [2.75, 3.05) is 19.6 Å². The number of carbonyl (C=O) groups excluding carboxylic acids is 1. The molecule has 1 amide bonds. The lowest BCUT2D eigenvalue weighted by Gasteiger charge is -2.24. The summed E-state index contributed by atoms with van der Waals surface area (Å²) >= 11 is 0. The molecule has 3 heterocycles. The normalized spacial score (nSPS) is 21.1. The third kappa shape index (κ3) is 4.14. The number of hydrazone groups is 1. The largest absolute Gasteiger partial charge is 0.467 e. The molecule has 27 heavy (non-hydrogen) atoms. The Kier molecular flexibility index (Phi) is 5.39. The summed E-state index contributed by atoms with van der Waals surface area (Å²) in [6, 6.07) is 12.0. The van der Waals surface area contributed by atoms with Crippen LogP contribution in [0.2, 0.25) is 0 Å². The number of benzene rings is 1. The number of carbonyl (C=O) groups is 1. The highest BCUT2D eigenvalue weighted by atomic mass is 16.3. The van der Waals surface area contributed by atoms with Gasteiger partial charge in [0.15, 0.2) is 0 Å². The lowest BCUT2D eigenvalue weighted by atomic mass is 10.0. The molecule has 4 rings (SSSR count). The molecule has 5 heteroatoms. The minimum absolute atomic E-state index is 0.0559. The number of hydrogen-bond acceptors (Lipinski definition) is 4. The van der Waals surface area contributed by atoms with E-state index in [9.17, 15) is 4.79 Å². The first-order valence-electron chi connectivity index (χ1n) is 9.93. The molecule has 142 valence electrons. The first kappa shape index (κ1) is 18.0. The fraction of sp³-hybridized carbons (Fsp3) is 0.455. The standard InChI is InChI=1S/C22H27N3O2/c1-17-8-10-18(11-9-17)19-15-20(21-7-6-14-27-21)25(23-19)22(26)16-24-12-4-2-3-5-13-24/h6-11,14,20H,2-5,12-13,15-16H2,1H3/t20-/m1/s1. The summed E-state index contributed by atoms with van der Waals surface area (Å²) in [7, 11) is 0. The number of aryl methyl sites for hydroxylation is 1. The van der Waals surface area contributed by atoms with Crippen molar-refractivity contribution in [1.82, 2.24) is 9.91 Å². The van der Waals surface area contributed by atoms with E-state index in [1.54, 1.807) is 11.3 Å². The highest BCUT2D eigenvalue weighted by Crippen LogP contribution is 2.33. The van der Waals surface area contributed by atoms with Crippen LogP contribution in [0.4, 0.5) is 0 Å². The molecule has 0 radical (unpaired) electrons. The van der Waals surface area contributed by atoms with Gasteiger partial charge < -0.3 is 4.42 Å². The maximum Gasteiger partial charge on any atom is 0.257 e. The summed E-state index contributed by atoms with van der Waals surface area (Å²) in [5, 5.41) is 6.38. The number of hydrogen-bond donors (Lipinski definition) is 0. The van der Waals surface area contributed by atoms with E-state index in [0.717, 1.165) is 30.1 Å². The van der Waals surface area contributed by atoms with Crippen molar-refractivity contribution >= 4 is 11.6 Å². The van der Waals surface area contributed by atoms with Crippen LogP contribution >= 0.6 is 0 Å². The quantitative estimate of drug-likeness (QED) is 0.818. The van der Waals surface area contributed by atoms with Crippen LogP contribution in [0.3, 0.4) is 0 Å². The topological polar surface area (TPSA) is 49.1 Å². The van der Waals surface area contributed by atoms with Crippen LogP contribution in [0.5, 0.6) is 0 Å². The Balaban J connectivity index is 1.55. The zero-order valence-electron chi connectivity index (χ0n) is 15.9. The maximum atomic E-state index is 13.1. The van der Waals surface area contributed by atoms with Crippen molar-refractivity contribution < 1.29 is 9.21 Å². The van der Waals surface area contributed by atoms with E-state index < -0.39 is 0 Å². The molecular formula is C22H27N3O2. The van der Waals surface area contributed by atoms with Crippen LogP contribution < -0.4 is 0 Å². The van der Waals surface area contributed by atoms with E-state index in [0.29, 0.717) is 13.0 Å². The molecule has 1 aromatic carbocycles. The molecule has 5 nitrogen and oxygen atoms in total. The highest BCUT2D eigenvalue weighted by Gasteiger charge is 2.35. The smallest absolute Gasteiger partial charge is 0.257 e. The zero-order chi connectivity index (χ0) is 18.6. The Morgan fingerprint density at radius 2 is 1.85 bits per heavy atom. The van der Waals surface area contributed by atoms with E-state index in [1.165, 1.54) is 31.2 Å². The van der Waals surface area contributed by atoms with Crippen molar-refractivity contribution in [2.24, 2.45) is 5.10 Å². The predicted molar refractivity (Wildman–Crippen MR) is 106 cm³/mol. The second-order valence-electron chi connectivity index (χ2n) is 7.58. The Labute approximate surface area is 160 Å². The molecule has 0 aliphatic carbocycles. The van der Waals surface area contributed by atoms with Gasteiger partial charge in [0, 0.05) is 6.42 Å². The van der Waals surface area contributed by atoms with Crippen molar-refractivity contribution in [3.63, 3.8) is 0 Å². The van der Waals surface area contributed by atoms with Gasteiger partial charge in [-0.15, -0.1) is 0 Å². The summed E-state index contributed by atoms with van der Waals surface area (Å²) in [6.07, 6.45) is 7.22. The highest BCUT2D eigenvalue weighted by molar-refractivity contribution is 6.03. The number of nitrogens with zero attached hydrogens (tertiary/aromatic N) is 3. The molecule has 0 saturated carbocycles. The molecule has 1 atom stereocenters. The van der Waals surface area contributed by atoms with Crippen LogP contribution in [0.25, 0.3) is 0 Å². The van der Waals surface area contributed by atoms with Crippen LogP contribution in [0, 0.1) is 6.92 Å². The molecule has 0 unspecified atom stereocenters. The van der Waals surface area contributed by atoms with E-state index >= 15 is 0 Å². The first-order valence-corrected chi connectivity index (χ1v) is 9.93. The molecule has 0 spiro atoms. The molecule has 0 N–H and O–H groups in total. The van der Waals surface area contributed by atoms with E-state index in [4.69, 9.17) is 9.52 Å². The summed E-state index contributed by atoms with van der Waals surface area (Å²) < 4.78 is 5.63. The monoisotopic (exact) mass is 365 g/mol. The lowest BCUT2D eigenvalue weighted by Crippen LogP contribution is -2.38. The van der Waals surface area contributed by atoms with Crippen molar-refractivity contribution in [1.29, 1.82) is 0 Å². The average Bonchev–Trinajstić information content (AvgIpc) is 3.28. The molecule has 1 saturated heterocycles.